The van der Waals surface area contributed by atoms with Crippen molar-refractivity contribution in [3.63, 3.8) is 0 Å². The second kappa shape index (κ2) is 8.80. The van der Waals surface area contributed by atoms with Gasteiger partial charge in [-0.2, -0.15) is 0 Å². The molecule has 2 N–H and O–H groups in total. The molecule has 0 bridgehead atoms. The molecule has 0 heterocycles. The zero-order chi connectivity index (χ0) is 14.1. The molecule has 0 aliphatic carbocycles. The Kier molecular flexibility index (Phi) is 7.33. The van der Waals surface area contributed by atoms with Crippen LogP contribution in [-0.4, -0.2) is 34.0 Å². The summed E-state index contributed by atoms with van der Waals surface area (Å²) in [6.07, 6.45) is 1.67. The maximum Gasteiger partial charge on any atom is 0.180 e. The van der Waals surface area contributed by atoms with Crippen molar-refractivity contribution >= 4 is 11.6 Å². The maximum absolute atomic E-state index is 6.21. The number of hydrogen-bond acceptors (Lipinski definition) is 3. The molecule has 0 aromatic heterocycles. The van der Waals surface area contributed by atoms with Crippen molar-refractivity contribution in [1.29, 1.82) is 0 Å². The normalized spacial score (nSPS) is 10.3. The van der Waals surface area contributed by atoms with E-state index in [2.05, 4.69) is 11.9 Å². The number of benzene rings is 1. The van der Waals surface area contributed by atoms with E-state index in [4.69, 9.17) is 25.8 Å². The van der Waals surface area contributed by atoms with E-state index in [1.165, 1.54) is 0 Å². The fourth-order valence-electron chi connectivity index (χ4n) is 1.64. The van der Waals surface area contributed by atoms with Gasteiger partial charge in [0.2, 0.25) is 0 Å². The summed E-state index contributed by atoms with van der Waals surface area (Å²) in [7, 11) is 3.30. The summed E-state index contributed by atoms with van der Waals surface area (Å²) in [4.78, 5) is 0. The first kappa shape index (κ1) is 15.8. The molecule has 0 unspecified atom stereocenters. The Hall–Kier alpha value is -1.23. The lowest BCUT2D eigenvalue weighted by molar-refractivity contribution is -0.671. The van der Waals surface area contributed by atoms with E-state index in [0.717, 1.165) is 25.3 Å². The summed E-state index contributed by atoms with van der Waals surface area (Å²) in [6, 6.07) is 3.83. The number of quaternary nitrogens is 1. The first-order valence-corrected chi connectivity index (χ1v) is 6.51. The van der Waals surface area contributed by atoms with Gasteiger partial charge in [-0.3, -0.25) is 0 Å². The van der Waals surface area contributed by atoms with Crippen molar-refractivity contribution in [2.45, 2.75) is 6.54 Å². The van der Waals surface area contributed by atoms with E-state index in [0.29, 0.717) is 23.1 Å². The molecular formula is C14H21ClNO3+. The number of rotatable bonds is 9. The van der Waals surface area contributed by atoms with Gasteiger partial charge in [0.1, 0.15) is 13.2 Å². The van der Waals surface area contributed by atoms with Crippen molar-refractivity contribution in [3.05, 3.63) is 35.4 Å². The van der Waals surface area contributed by atoms with Crippen LogP contribution in [0.3, 0.4) is 0 Å². The van der Waals surface area contributed by atoms with Gasteiger partial charge in [0.05, 0.1) is 25.3 Å². The molecule has 0 aliphatic heterocycles. The fourth-order valence-corrected chi connectivity index (χ4v) is 1.93. The maximum atomic E-state index is 6.21. The van der Waals surface area contributed by atoms with Crippen molar-refractivity contribution in [3.8, 4) is 11.5 Å². The number of halogens is 1. The van der Waals surface area contributed by atoms with Gasteiger partial charge in [-0.1, -0.05) is 24.3 Å². The van der Waals surface area contributed by atoms with Crippen LogP contribution in [-0.2, 0) is 11.3 Å². The lowest BCUT2D eigenvalue weighted by Gasteiger charge is -2.12. The van der Waals surface area contributed by atoms with Gasteiger partial charge in [-0.05, 0) is 12.1 Å². The van der Waals surface area contributed by atoms with Crippen LogP contribution in [0.1, 0.15) is 5.56 Å². The lowest BCUT2D eigenvalue weighted by atomic mass is 10.2. The van der Waals surface area contributed by atoms with Crippen molar-refractivity contribution in [2.24, 2.45) is 0 Å². The number of ether oxygens (including phenoxy) is 3. The highest BCUT2D eigenvalue weighted by atomic mass is 35.5. The first-order valence-electron chi connectivity index (χ1n) is 6.13. The van der Waals surface area contributed by atoms with Crippen LogP contribution in [0, 0.1) is 0 Å². The molecule has 19 heavy (non-hydrogen) atoms. The summed E-state index contributed by atoms with van der Waals surface area (Å²) in [5, 5.41) is 2.70. The van der Waals surface area contributed by atoms with Crippen LogP contribution in [0.4, 0.5) is 0 Å². The topological polar surface area (TPSA) is 44.3 Å². The molecule has 0 atom stereocenters. The lowest BCUT2D eigenvalue weighted by Crippen LogP contribution is -2.83. The molecular weight excluding hydrogens is 266 g/mol. The molecule has 5 heteroatoms. The minimum Gasteiger partial charge on any atom is -0.493 e. The number of nitrogens with two attached hydrogens (primary N) is 1. The Morgan fingerprint density at radius 1 is 1.37 bits per heavy atom. The van der Waals surface area contributed by atoms with Gasteiger partial charge < -0.3 is 19.5 Å². The molecule has 1 rings (SSSR count). The van der Waals surface area contributed by atoms with E-state index in [1.807, 2.05) is 12.1 Å². The van der Waals surface area contributed by atoms with Gasteiger partial charge in [0, 0.05) is 12.7 Å². The van der Waals surface area contributed by atoms with Crippen LogP contribution in [0.5, 0.6) is 11.5 Å². The standard InChI is InChI=1S/C14H20ClNO3/c1-4-6-19-14-12(15)8-11(9-13(14)18-3)10-16-5-7-17-2/h4,8-9,16H,1,5-7,10H2,2-3H3/p+1. The van der Waals surface area contributed by atoms with E-state index in [9.17, 15) is 0 Å². The molecule has 4 nitrogen and oxygen atoms in total. The SMILES string of the molecule is C=CCOc1c(Cl)cc(C[NH2+]CCOC)cc1OC. The van der Waals surface area contributed by atoms with E-state index >= 15 is 0 Å². The van der Waals surface area contributed by atoms with Gasteiger partial charge in [-0.25, -0.2) is 0 Å². The van der Waals surface area contributed by atoms with E-state index < -0.39 is 0 Å². The molecule has 106 valence electrons. The zero-order valence-electron chi connectivity index (χ0n) is 11.4. The molecule has 1 aromatic rings. The Morgan fingerprint density at radius 2 is 2.16 bits per heavy atom. The van der Waals surface area contributed by atoms with Crippen LogP contribution >= 0.6 is 11.6 Å². The minimum atomic E-state index is 0.398. The predicted octanol–water partition coefficient (Wildman–Crippen LogP) is 1.62. The minimum absolute atomic E-state index is 0.398. The van der Waals surface area contributed by atoms with Crippen LogP contribution < -0.4 is 14.8 Å². The highest BCUT2D eigenvalue weighted by molar-refractivity contribution is 6.32. The summed E-state index contributed by atoms with van der Waals surface area (Å²) in [5.41, 5.74) is 1.09. The summed E-state index contributed by atoms with van der Waals surface area (Å²) in [6.45, 7) is 6.46. The quantitative estimate of drug-likeness (QED) is 0.554. The Bertz CT molecular complexity index is 410. The number of hydrogen-bond donors (Lipinski definition) is 1. The largest absolute Gasteiger partial charge is 0.493 e. The molecule has 0 aliphatic rings. The third kappa shape index (κ3) is 5.11. The highest BCUT2D eigenvalue weighted by Gasteiger charge is 2.12. The number of methoxy groups -OCH3 is 2. The summed E-state index contributed by atoms with van der Waals surface area (Å²) < 4.78 is 15.8. The van der Waals surface area contributed by atoms with Crippen molar-refractivity contribution < 1.29 is 19.5 Å². The Morgan fingerprint density at radius 3 is 2.79 bits per heavy atom. The average molecular weight is 287 g/mol. The third-order valence-corrected chi connectivity index (χ3v) is 2.82. The average Bonchev–Trinajstić information content (AvgIpc) is 2.42. The van der Waals surface area contributed by atoms with Gasteiger partial charge in [-0.15, -0.1) is 0 Å². The third-order valence-electron chi connectivity index (χ3n) is 2.54. The van der Waals surface area contributed by atoms with Crippen LogP contribution in [0.25, 0.3) is 0 Å². The molecule has 1 aromatic carbocycles. The molecule has 0 saturated carbocycles. The summed E-state index contributed by atoms with van der Waals surface area (Å²) >= 11 is 6.21. The Labute approximate surface area is 119 Å². The van der Waals surface area contributed by atoms with Crippen LogP contribution in [0.2, 0.25) is 5.02 Å². The smallest absolute Gasteiger partial charge is 0.180 e. The summed E-state index contributed by atoms with van der Waals surface area (Å²) in [5.74, 6) is 1.20. The van der Waals surface area contributed by atoms with Gasteiger partial charge in [0.15, 0.2) is 11.5 Å². The highest BCUT2D eigenvalue weighted by Crippen LogP contribution is 2.36. The predicted molar refractivity (Wildman–Crippen MR) is 76.1 cm³/mol. The van der Waals surface area contributed by atoms with Crippen molar-refractivity contribution in [2.75, 3.05) is 34.0 Å². The second-order valence-corrected chi connectivity index (χ2v) is 4.39. The molecule has 0 spiro atoms. The monoisotopic (exact) mass is 286 g/mol. The van der Waals surface area contributed by atoms with Crippen LogP contribution in [0.15, 0.2) is 24.8 Å². The zero-order valence-corrected chi connectivity index (χ0v) is 12.2. The van der Waals surface area contributed by atoms with Crippen molar-refractivity contribution in [1.82, 2.24) is 0 Å². The van der Waals surface area contributed by atoms with E-state index in [-0.39, 0.29) is 0 Å². The first-order chi connectivity index (χ1) is 9.22. The molecule has 0 fully saturated rings. The Balaban J connectivity index is 2.74. The molecule has 0 saturated heterocycles. The second-order valence-electron chi connectivity index (χ2n) is 3.98. The van der Waals surface area contributed by atoms with Gasteiger partial charge in [0.25, 0.3) is 0 Å². The molecule has 0 radical (unpaired) electrons. The van der Waals surface area contributed by atoms with Gasteiger partial charge >= 0.3 is 0 Å². The molecule has 0 amide bonds. The fraction of sp³-hybridized carbons (Fsp3) is 0.429. The van der Waals surface area contributed by atoms with E-state index in [1.54, 1.807) is 20.3 Å².